The van der Waals surface area contributed by atoms with E-state index in [1.807, 2.05) is 45.2 Å². The van der Waals surface area contributed by atoms with E-state index in [2.05, 4.69) is 10.3 Å². The molecular formula is C14H23N3O2. The highest BCUT2D eigenvalue weighted by Gasteiger charge is 2.22. The molecule has 1 rings (SSSR count). The molecular weight excluding hydrogens is 242 g/mol. The average molecular weight is 265 g/mol. The van der Waals surface area contributed by atoms with Crippen LogP contribution in [-0.4, -0.2) is 35.1 Å². The third-order valence-corrected chi connectivity index (χ3v) is 3.39. The lowest BCUT2D eigenvalue weighted by Gasteiger charge is -2.33. The highest BCUT2D eigenvalue weighted by Crippen LogP contribution is 2.15. The third-order valence-electron chi connectivity index (χ3n) is 3.39. The van der Waals surface area contributed by atoms with E-state index in [0.717, 1.165) is 17.7 Å². The highest BCUT2D eigenvalue weighted by atomic mass is 16.3. The van der Waals surface area contributed by atoms with Crippen molar-refractivity contribution in [1.29, 1.82) is 0 Å². The normalized spacial score (nSPS) is 11.7. The van der Waals surface area contributed by atoms with Crippen LogP contribution in [0.5, 0.6) is 0 Å². The predicted octanol–water partition coefficient (Wildman–Crippen LogP) is 0.422. The molecule has 19 heavy (non-hydrogen) atoms. The quantitative estimate of drug-likeness (QED) is 0.396. The second-order valence-corrected chi connectivity index (χ2v) is 5.39. The van der Waals surface area contributed by atoms with Gasteiger partial charge in [0.15, 0.2) is 0 Å². The van der Waals surface area contributed by atoms with Crippen molar-refractivity contribution in [3.05, 3.63) is 35.4 Å². The number of aliphatic hydroxyl groups is 1. The summed E-state index contributed by atoms with van der Waals surface area (Å²) in [6.07, 6.45) is 0.286. The summed E-state index contributed by atoms with van der Waals surface area (Å²) in [5.41, 5.74) is 3.93. The highest BCUT2D eigenvalue weighted by molar-refractivity contribution is 5.77. The van der Waals surface area contributed by atoms with Crippen molar-refractivity contribution >= 4 is 5.91 Å². The van der Waals surface area contributed by atoms with Gasteiger partial charge in [-0.3, -0.25) is 15.1 Å². The molecule has 0 saturated heterocycles. The smallest absolute Gasteiger partial charge is 0.238 e. The summed E-state index contributed by atoms with van der Waals surface area (Å²) in [5, 5.41) is 9.31. The Morgan fingerprint density at radius 1 is 1.32 bits per heavy atom. The summed E-state index contributed by atoms with van der Waals surface area (Å²) in [5.74, 6) is 4.85. The van der Waals surface area contributed by atoms with Gasteiger partial charge in [0.25, 0.3) is 0 Å². The Morgan fingerprint density at radius 3 is 2.32 bits per heavy atom. The van der Waals surface area contributed by atoms with Crippen molar-refractivity contribution < 1.29 is 9.90 Å². The maximum atomic E-state index is 11.1. The number of hydrazine groups is 1. The first-order chi connectivity index (χ1) is 8.89. The summed E-state index contributed by atoms with van der Waals surface area (Å²) >= 11 is 0. The maximum absolute atomic E-state index is 11.1. The van der Waals surface area contributed by atoms with Crippen molar-refractivity contribution in [2.75, 3.05) is 13.7 Å². The molecule has 0 bridgehead atoms. The van der Waals surface area contributed by atoms with Gasteiger partial charge in [0, 0.05) is 12.1 Å². The molecule has 4 N–H and O–H groups in total. The van der Waals surface area contributed by atoms with Crippen molar-refractivity contribution in [3.8, 4) is 0 Å². The molecule has 1 aromatic rings. The van der Waals surface area contributed by atoms with E-state index in [1.54, 1.807) is 0 Å². The van der Waals surface area contributed by atoms with Gasteiger partial charge in [-0.2, -0.15) is 0 Å². The fraction of sp³-hybridized carbons (Fsp3) is 0.500. The van der Waals surface area contributed by atoms with E-state index in [9.17, 15) is 9.90 Å². The molecule has 0 fully saturated rings. The molecule has 5 nitrogen and oxygen atoms in total. The van der Waals surface area contributed by atoms with Gasteiger partial charge in [-0.1, -0.05) is 24.3 Å². The number of hydrogen-bond acceptors (Lipinski definition) is 4. The molecule has 0 saturated carbocycles. The van der Waals surface area contributed by atoms with Gasteiger partial charge in [-0.05, 0) is 32.0 Å². The van der Waals surface area contributed by atoms with Crippen LogP contribution in [0.25, 0.3) is 0 Å². The van der Waals surface area contributed by atoms with Crippen LogP contribution in [0.4, 0.5) is 0 Å². The molecule has 0 aromatic heterocycles. The molecule has 0 heterocycles. The van der Waals surface area contributed by atoms with Gasteiger partial charge in [0.2, 0.25) is 5.91 Å². The number of nitrogens with one attached hydrogen (secondary N) is 1. The Labute approximate surface area is 114 Å². The van der Waals surface area contributed by atoms with Crippen LogP contribution < -0.4 is 11.3 Å². The van der Waals surface area contributed by atoms with Gasteiger partial charge >= 0.3 is 0 Å². The largest absolute Gasteiger partial charge is 0.394 e. The van der Waals surface area contributed by atoms with E-state index in [4.69, 9.17) is 5.84 Å². The Morgan fingerprint density at radius 2 is 1.84 bits per heavy atom. The molecule has 0 atom stereocenters. The minimum Gasteiger partial charge on any atom is -0.394 e. The molecule has 0 aliphatic rings. The number of benzene rings is 1. The van der Waals surface area contributed by atoms with E-state index < -0.39 is 0 Å². The van der Waals surface area contributed by atoms with Crippen LogP contribution in [0.2, 0.25) is 0 Å². The Kier molecular flexibility index (Phi) is 5.47. The van der Waals surface area contributed by atoms with Gasteiger partial charge in [-0.15, -0.1) is 0 Å². The van der Waals surface area contributed by atoms with Crippen LogP contribution >= 0.6 is 0 Å². The first-order valence-electron chi connectivity index (χ1n) is 6.28. The number of carbonyl (C=O) groups excluding carboxylic acids is 1. The zero-order valence-corrected chi connectivity index (χ0v) is 11.8. The van der Waals surface area contributed by atoms with Crippen molar-refractivity contribution in [1.82, 2.24) is 10.3 Å². The summed E-state index contributed by atoms with van der Waals surface area (Å²) in [4.78, 5) is 13.2. The molecule has 0 radical (unpaired) electrons. The van der Waals surface area contributed by atoms with Crippen LogP contribution in [-0.2, 0) is 17.8 Å². The first-order valence-corrected chi connectivity index (χ1v) is 6.28. The molecule has 0 aliphatic carbocycles. The molecule has 1 aromatic carbocycles. The average Bonchev–Trinajstić information content (AvgIpc) is 2.40. The van der Waals surface area contributed by atoms with Crippen molar-refractivity contribution in [3.63, 3.8) is 0 Å². The lowest BCUT2D eigenvalue weighted by Crippen LogP contribution is -2.43. The third kappa shape index (κ3) is 4.63. The number of nitrogens with two attached hydrogens (primary N) is 1. The topological polar surface area (TPSA) is 78.6 Å². The number of aliphatic hydroxyl groups excluding tert-OH is 1. The summed E-state index contributed by atoms with van der Waals surface area (Å²) < 4.78 is 0. The SMILES string of the molecule is CN(Cc1ccc(CC(=O)NN)cc1)C(C)(C)CO. The van der Waals surface area contributed by atoms with Gasteiger partial charge < -0.3 is 5.11 Å². The second-order valence-electron chi connectivity index (χ2n) is 5.39. The number of carbonyl (C=O) groups is 1. The fourth-order valence-electron chi connectivity index (χ4n) is 1.61. The van der Waals surface area contributed by atoms with Gasteiger partial charge in [0.1, 0.15) is 0 Å². The Bertz CT molecular complexity index is 415. The van der Waals surface area contributed by atoms with Crippen LogP contribution in [0.1, 0.15) is 25.0 Å². The lowest BCUT2D eigenvalue weighted by molar-refractivity contribution is -0.120. The minimum absolute atomic E-state index is 0.109. The minimum atomic E-state index is -0.252. The second kappa shape index (κ2) is 6.65. The lowest BCUT2D eigenvalue weighted by atomic mass is 10.0. The zero-order valence-electron chi connectivity index (χ0n) is 11.8. The van der Waals surface area contributed by atoms with Gasteiger partial charge in [-0.25, -0.2) is 5.84 Å². The van der Waals surface area contributed by atoms with Crippen LogP contribution in [0.3, 0.4) is 0 Å². The molecule has 0 unspecified atom stereocenters. The fourth-order valence-corrected chi connectivity index (χ4v) is 1.61. The number of rotatable bonds is 6. The maximum Gasteiger partial charge on any atom is 0.238 e. The number of hydrogen-bond donors (Lipinski definition) is 3. The van der Waals surface area contributed by atoms with Crippen molar-refractivity contribution in [2.24, 2.45) is 5.84 Å². The summed E-state index contributed by atoms with van der Waals surface area (Å²) in [6.45, 7) is 4.84. The van der Waals surface area contributed by atoms with E-state index >= 15 is 0 Å². The number of nitrogens with zero attached hydrogens (tertiary/aromatic N) is 1. The van der Waals surface area contributed by atoms with Crippen LogP contribution in [0.15, 0.2) is 24.3 Å². The monoisotopic (exact) mass is 265 g/mol. The molecule has 5 heteroatoms. The predicted molar refractivity (Wildman–Crippen MR) is 75.1 cm³/mol. The summed E-state index contributed by atoms with van der Waals surface area (Å²) in [7, 11) is 1.98. The molecule has 0 aliphatic heterocycles. The van der Waals surface area contributed by atoms with Crippen LogP contribution in [0, 0.1) is 0 Å². The van der Waals surface area contributed by atoms with E-state index in [-0.39, 0.29) is 24.5 Å². The zero-order chi connectivity index (χ0) is 14.5. The molecule has 106 valence electrons. The molecule has 1 amide bonds. The Hall–Kier alpha value is -1.43. The Balaban J connectivity index is 2.64. The summed E-state index contributed by atoms with van der Waals surface area (Å²) in [6, 6.07) is 7.82. The van der Waals surface area contributed by atoms with E-state index in [1.165, 1.54) is 0 Å². The standard InChI is InChI=1S/C14H23N3O2/c1-14(2,10-18)17(3)9-12-6-4-11(5-7-12)8-13(19)16-15/h4-7,18H,8-10,15H2,1-3H3,(H,16,19). The number of likely N-dealkylation sites (N-methyl/N-ethyl adjacent to an activating group) is 1. The van der Waals surface area contributed by atoms with Crippen molar-refractivity contribution in [2.45, 2.75) is 32.4 Å². The van der Waals surface area contributed by atoms with Gasteiger partial charge in [0.05, 0.1) is 13.0 Å². The van der Waals surface area contributed by atoms with E-state index in [0.29, 0.717) is 0 Å². The number of amides is 1. The first kappa shape index (κ1) is 15.6. The molecule has 0 spiro atoms.